The van der Waals surface area contributed by atoms with E-state index in [1.807, 2.05) is 54.6 Å². The molecule has 6 heteroatoms. The molecule has 0 aromatic heterocycles. The highest BCUT2D eigenvalue weighted by Crippen LogP contribution is 2.38. The summed E-state index contributed by atoms with van der Waals surface area (Å²) < 4.78 is 4.80. The number of esters is 1. The van der Waals surface area contributed by atoms with Crippen LogP contribution in [0.3, 0.4) is 0 Å². The fourth-order valence-corrected chi connectivity index (χ4v) is 3.87. The zero-order valence-electron chi connectivity index (χ0n) is 18.9. The van der Waals surface area contributed by atoms with Gasteiger partial charge in [0, 0.05) is 17.3 Å². The summed E-state index contributed by atoms with van der Waals surface area (Å²) in [5.41, 5.74) is 11.9. The van der Waals surface area contributed by atoms with Crippen molar-refractivity contribution >= 4 is 34.5 Å². The summed E-state index contributed by atoms with van der Waals surface area (Å²) in [5.74, 6) is -0.359. The van der Waals surface area contributed by atoms with E-state index in [-0.39, 0.29) is 11.9 Å². The second-order valence-corrected chi connectivity index (χ2v) is 8.34. The second-order valence-electron chi connectivity index (χ2n) is 8.34. The maximum absolute atomic E-state index is 13.1. The number of fused-ring (bicyclic) bond motifs is 1. The molecule has 1 heterocycles. The average Bonchev–Trinajstić information content (AvgIpc) is 3.17. The van der Waals surface area contributed by atoms with Gasteiger partial charge in [0.25, 0.3) is 5.91 Å². The van der Waals surface area contributed by atoms with Crippen LogP contribution < -0.4 is 16.4 Å². The smallest absolute Gasteiger partial charge is 0.337 e. The number of methoxy groups -OCH3 is 1. The lowest BCUT2D eigenvalue weighted by molar-refractivity contribution is -0.110. The van der Waals surface area contributed by atoms with Crippen molar-refractivity contribution in [2.75, 3.05) is 17.7 Å². The highest BCUT2D eigenvalue weighted by atomic mass is 16.5. The minimum Gasteiger partial charge on any atom is -0.465 e. The number of carbonyl (C=O) groups is 2. The molecule has 4 rings (SSSR count). The van der Waals surface area contributed by atoms with Gasteiger partial charge < -0.3 is 21.1 Å². The molecule has 0 bridgehead atoms. The summed E-state index contributed by atoms with van der Waals surface area (Å²) in [5, 5.41) is 6.32. The molecule has 3 aromatic carbocycles. The topological polar surface area (TPSA) is 93.4 Å². The summed E-state index contributed by atoms with van der Waals surface area (Å²) in [6, 6.07) is 22.7. The molecule has 1 atom stereocenters. The first kappa shape index (κ1) is 22.3. The highest BCUT2D eigenvalue weighted by Gasteiger charge is 2.29. The number of hydrogen-bond acceptors (Lipinski definition) is 5. The third-order valence-electron chi connectivity index (χ3n) is 5.78. The molecule has 33 heavy (non-hydrogen) atoms. The molecule has 168 valence electrons. The van der Waals surface area contributed by atoms with Gasteiger partial charge in [0.2, 0.25) is 0 Å². The molecule has 1 aliphatic heterocycles. The van der Waals surface area contributed by atoms with Crippen molar-refractivity contribution in [3.8, 4) is 0 Å². The minimum absolute atomic E-state index is 0.0394. The molecular weight excluding hydrogens is 414 g/mol. The van der Waals surface area contributed by atoms with E-state index in [1.165, 1.54) is 7.11 Å². The van der Waals surface area contributed by atoms with Crippen LogP contribution in [0.15, 0.2) is 72.8 Å². The van der Waals surface area contributed by atoms with Crippen molar-refractivity contribution in [3.05, 3.63) is 95.1 Å². The Morgan fingerprint density at radius 3 is 2.30 bits per heavy atom. The van der Waals surface area contributed by atoms with Crippen LogP contribution in [-0.2, 0) is 9.53 Å². The van der Waals surface area contributed by atoms with E-state index in [2.05, 4.69) is 24.5 Å². The Hall–Kier alpha value is -3.90. The molecule has 0 radical (unpaired) electrons. The molecular formula is C27H27N3O3. The summed E-state index contributed by atoms with van der Waals surface area (Å²) in [6.07, 6.45) is 0. The average molecular weight is 442 g/mol. The lowest BCUT2D eigenvalue weighted by Crippen LogP contribution is -2.16. The van der Waals surface area contributed by atoms with Gasteiger partial charge in [-0.1, -0.05) is 62.4 Å². The molecule has 1 amide bonds. The SMILES string of the molecule is COC(=O)c1ccc2c(c1)NC(=O)/C2=C(\Nc1ccc(C(N)C(C)C)cc1)c1ccccc1. The van der Waals surface area contributed by atoms with Gasteiger partial charge in [-0.15, -0.1) is 0 Å². The molecule has 0 aliphatic carbocycles. The number of hydrogen-bond donors (Lipinski definition) is 3. The Bertz CT molecular complexity index is 1220. The first-order valence-electron chi connectivity index (χ1n) is 10.9. The molecule has 1 aliphatic rings. The number of nitrogens with one attached hydrogen (secondary N) is 2. The zero-order chi connectivity index (χ0) is 23.5. The van der Waals surface area contributed by atoms with Crippen molar-refractivity contribution in [1.29, 1.82) is 0 Å². The number of anilines is 2. The van der Waals surface area contributed by atoms with Crippen molar-refractivity contribution in [2.45, 2.75) is 19.9 Å². The van der Waals surface area contributed by atoms with Crippen LogP contribution in [0.2, 0.25) is 0 Å². The van der Waals surface area contributed by atoms with Crippen LogP contribution >= 0.6 is 0 Å². The van der Waals surface area contributed by atoms with Crippen molar-refractivity contribution in [2.24, 2.45) is 11.7 Å². The molecule has 0 saturated carbocycles. The van der Waals surface area contributed by atoms with Gasteiger partial charge in [-0.05, 0) is 41.3 Å². The highest BCUT2D eigenvalue weighted by molar-refractivity contribution is 6.37. The zero-order valence-corrected chi connectivity index (χ0v) is 18.9. The van der Waals surface area contributed by atoms with Gasteiger partial charge in [-0.2, -0.15) is 0 Å². The van der Waals surface area contributed by atoms with Crippen LogP contribution in [-0.4, -0.2) is 19.0 Å². The van der Waals surface area contributed by atoms with Crippen molar-refractivity contribution in [1.82, 2.24) is 0 Å². The molecule has 0 saturated heterocycles. The third kappa shape index (κ3) is 4.52. The molecule has 6 nitrogen and oxygen atoms in total. The van der Waals surface area contributed by atoms with E-state index in [4.69, 9.17) is 10.5 Å². The largest absolute Gasteiger partial charge is 0.465 e. The normalized spacial score (nSPS) is 15.0. The number of benzene rings is 3. The summed E-state index contributed by atoms with van der Waals surface area (Å²) in [7, 11) is 1.33. The standard InChI is InChI=1S/C27H27N3O3/c1-16(2)24(28)17-9-12-20(13-10-17)29-25(18-7-5-4-6-8-18)23-21-14-11-19(27(32)33-3)15-22(21)30-26(23)31/h4-16,24,29H,28H2,1-3H3,(H,30,31)/b25-23-. The number of carbonyl (C=O) groups excluding carboxylic acids is 2. The Kier molecular flexibility index (Phi) is 6.29. The van der Waals surface area contributed by atoms with Gasteiger partial charge in [-0.25, -0.2) is 4.79 Å². The van der Waals surface area contributed by atoms with Crippen LogP contribution in [0.1, 0.15) is 46.9 Å². The lowest BCUT2D eigenvalue weighted by Gasteiger charge is -2.18. The van der Waals surface area contributed by atoms with Crippen molar-refractivity contribution < 1.29 is 14.3 Å². The maximum atomic E-state index is 13.1. The number of ether oxygens (including phenoxy) is 1. The summed E-state index contributed by atoms with van der Waals surface area (Å²) in [6.45, 7) is 4.19. The monoisotopic (exact) mass is 441 g/mol. The Labute approximate surface area is 193 Å². The van der Waals surface area contributed by atoms with Crippen LogP contribution in [0, 0.1) is 5.92 Å². The Morgan fingerprint density at radius 2 is 1.67 bits per heavy atom. The van der Waals surface area contributed by atoms with Crippen molar-refractivity contribution in [3.63, 3.8) is 0 Å². The van der Waals surface area contributed by atoms with Gasteiger partial charge in [0.1, 0.15) is 0 Å². The van der Waals surface area contributed by atoms with E-state index < -0.39 is 5.97 Å². The Morgan fingerprint density at radius 1 is 0.970 bits per heavy atom. The second kappa shape index (κ2) is 9.30. The van der Waals surface area contributed by atoms with Gasteiger partial charge in [0.05, 0.1) is 29.6 Å². The minimum atomic E-state index is -0.453. The number of nitrogens with two attached hydrogens (primary N) is 1. The van der Waals surface area contributed by atoms with E-state index in [0.29, 0.717) is 28.4 Å². The van der Waals surface area contributed by atoms with Crippen LogP contribution in [0.4, 0.5) is 11.4 Å². The quantitative estimate of drug-likeness (QED) is 0.367. The first-order chi connectivity index (χ1) is 15.9. The fraction of sp³-hybridized carbons (Fsp3) is 0.185. The molecule has 0 spiro atoms. The molecule has 1 unspecified atom stereocenters. The molecule has 3 aromatic rings. The molecule has 0 fully saturated rings. The van der Waals surface area contributed by atoms with Gasteiger partial charge in [0.15, 0.2) is 0 Å². The maximum Gasteiger partial charge on any atom is 0.337 e. The first-order valence-corrected chi connectivity index (χ1v) is 10.9. The summed E-state index contributed by atoms with van der Waals surface area (Å²) >= 11 is 0. The predicted octanol–water partition coefficient (Wildman–Crippen LogP) is 5.06. The van der Waals surface area contributed by atoms with E-state index in [0.717, 1.165) is 22.4 Å². The lowest BCUT2D eigenvalue weighted by atomic mass is 9.96. The number of rotatable bonds is 6. The van der Waals surface area contributed by atoms with Crippen LogP contribution in [0.25, 0.3) is 11.3 Å². The van der Waals surface area contributed by atoms with E-state index in [9.17, 15) is 9.59 Å². The third-order valence-corrected chi connectivity index (χ3v) is 5.78. The fourth-order valence-electron chi connectivity index (χ4n) is 3.87. The Balaban J connectivity index is 1.78. The van der Waals surface area contributed by atoms with E-state index >= 15 is 0 Å². The molecule has 4 N–H and O–H groups in total. The predicted molar refractivity (Wildman–Crippen MR) is 131 cm³/mol. The van der Waals surface area contributed by atoms with Crippen LogP contribution in [0.5, 0.6) is 0 Å². The van der Waals surface area contributed by atoms with E-state index in [1.54, 1.807) is 18.2 Å². The number of amides is 1. The van der Waals surface area contributed by atoms with Gasteiger partial charge >= 0.3 is 5.97 Å². The summed E-state index contributed by atoms with van der Waals surface area (Å²) in [4.78, 5) is 25.0. The van der Waals surface area contributed by atoms with Gasteiger partial charge in [-0.3, -0.25) is 4.79 Å².